The van der Waals surface area contributed by atoms with E-state index in [4.69, 9.17) is 17.3 Å². The van der Waals surface area contributed by atoms with Gasteiger partial charge in [0, 0.05) is 29.3 Å². The zero-order valence-electron chi connectivity index (χ0n) is 13.1. The summed E-state index contributed by atoms with van der Waals surface area (Å²) in [7, 11) is 0. The molecule has 1 aliphatic heterocycles. The predicted octanol–water partition coefficient (Wildman–Crippen LogP) is 4.10. The number of nitrogens with zero attached hydrogens (tertiary/aromatic N) is 1. The first-order valence-corrected chi connectivity index (χ1v) is 8.07. The quantitative estimate of drug-likeness (QED) is 0.909. The van der Waals surface area contributed by atoms with Crippen molar-refractivity contribution < 1.29 is 0 Å². The van der Waals surface area contributed by atoms with Crippen LogP contribution in [0, 0.1) is 11.8 Å². The van der Waals surface area contributed by atoms with Crippen LogP contribution in [0.15, 0.2) is 18.2 Å². The first-order chi connectivity index (χ1) is 9.38. The first kappa shape index (κ1) is 15.7. The van der Waals surface area contributed by atoms with Gasteiger partial charge in [-0.05, 0) is 62.3 Å². The topological polar surface area (TPSA) is 29.3 Å². The molecule has 0 aliphatic carbocycles. The summed E-state index contributed by atoms with van der Waals surface area (Å²) in [6.45, 7) is 10.2. The van der Waals surface area contributed by atoms with E-state index in [1.54, 1.807) is 0 Å². The molecule has 0 radical (unpaired) electrons. The Morgan fingerprint density at radius 2 is 2.05 bits per heavy atom. The van der Waals surface area contributed by atoms with Gasteiger partial charge in [0.2, 0.25) is 0 Å². The molecule has 4 unspecified atom stereocenters. The van der Waals surface area contributed by atoms with Crippen LogP contribution in [0.3, 0.4) is 0 Å². The Kier molecular flexibility index (Phi) is 4.98. The Morgan fingerprint density at radius 3 is 2.70 bits per heavy atom. The van der Waals surface area contributed by atoms with Gasteiger partial charge in [0.25, 0.3) is 0 Å². The van der Waals surface area contributed by atoms with Gasteiger partial charge >= 0.3 is 0 Å². The highest BCUT2D eigenvalue weighted by Gasteiger charge is 2.30. The summed E-state index contributed by atoms with van der Waals surface area (Å²) >= 11 is 6.17. The van der Waals surface area contributed by atoms with E-state index in [0.717, 1.165) is 29.8 Å². The lowest BCUT2D eigenvalue weighted by molar-refractivity contribution is 0.296. The standard InChI is InChI=1S/C17H27ClN2/c1-11-7-12(2)14(4)20(10-11)17-6-5-16(18)9-15(17)8-13(3)19/h5-6,9,11-14H,7-8,10,19H2,1-4H3. The second kappa shape index (κ2) is 6.36. The third-order valence-corrected chi connectivity index (χ3v) is 4.73. The van der Waals surface area contributed by atoms with E-state index in [2.05, 4.69) is 44.7 Å². The van der Waals surface area contributed by atoms with E-state index >= 15 is 0 Å². The molecule has 1 aromatic carbocycles. The van der Waals surface area contributed by atoms with Crippen molar-refractivity contribution in [1.29, 1.82) is 0 Å². The van der Waals surface area contributed by atoms with Crippen LogP contribution >= 0.6 is 11.6 Å². The van der Waals surface area contributed by atoms with Crippen molar-refractivity contribution in [3.63, 3.8) is 0 Å². The highest BCUT2D eigenvalue weighted by atomic mass is 35.5. The minimum absolute atomic E-state index is 0.155. The molecule has 3 heteroatoms. The van der Waals surface area contributed by atoms with Crippen molar-refractivity contribution in [2.24, 2.45) is 17.6 Å². The average molecular weight is 295 g/mol. The van der Waals surface area contributed by atoms with Crippen LogP contribution in [0.4, 0.5) is 5.69 Å². The van der Waals surface area contributed by atoms with E-state index in [9.17, 15) is 0 Å². The third-order valence-electron chi connectivity index (χ3n) is 4.49. The van der Waals surface area contributed by atoms with Crippen molar-refractivity contribution in [2.45, 2.75) is 52.6 Å². The molecular formula is C17H27ClN2. The van der Waals surface area contributed by atoms with Crippen LogP contribution in [0.5, 0.6) is 0 Å². The summed E-state index contributed by atoms with van der Waals surface area (Å²) in [5.41, 5.74) is 8.60. The number of piperidine rings is 1. The number of rotatable bonds is 3. The molecule has 1 aliphatic rings. The smallest absolute Gasteiger partial charge is 0.0410 e. The van der Waals surface area contributed by atoms with Crippen LogP contribution in [0.25, 0.3) is 0 Å². The second-order valence-electron chi connectivity index (χ2n) is 6.67. The summed E-state index contributed by atoms with van der Waals surface area (Å²) in [5.74, 6) is 1.46. The fourth-order valence-corrected chi connectivity index (χ4v) is 3.57. The fourth-order valence-electron chi connectivity index (χ4n) is 3.38. The van der Waals surface area contributed by atoms with Gasteiger partial charge in [0.15, 0.2) is 0 Å². The van der Waals surface area contributed by atoms with Gasteiger partial charge in [-0.1, -0.05) is 25.4 Å². The molecule has 20 heavy (non-hydrogen) atoms. The van der Waals surface area contributed by atoms with E-state index in [-0.39, 0.29) is 6.04 Å². The normalized spacial score (nSPS) is 28.5. The number of nitrogens with two attached hydrogens (primary N) is 1. The van der Waals surface area contributed by atoms with E-state index in [1.807, 2.05) is 6.07 Å². The van der Waals surface area contributed by atoms with Crippen molar-refractivity contribution >= 4 is 17.3 Å². The molecule has 0 bridgehead atoms. The van der Waals surface area contributed by atoms with Gasteiger partial charge < -0.3 is 10.6 Å². The van der Waals surface area contributed by atoms with Crippen molar-refractivity contribution in [3.05, 3.63) is 28.8 Å². The first-order valence-electron chi connectivity index (χ1n) is 7.69. The molecule has 0 saturated carbocycles. The summed E-state index contributed by atoms with van der Waals surface area (Å²) in [4.78, 5) is 2.55. The van der Waals surface area contributed by atoms with Crippen molar-refractivity contribution in [2.75, 3.05) is 11.4 Å². The number of anilines is 1. The van der Waals surface area contributed by atoms with Crippen LogP contribution < -0.4 is 10.6 Å². The Morgan fingerprint density at radius 1 is 1.35 bits per heavy atom. The van der Waals surface area contributed by atoms with Gasteiger partial charge in [-0.15, -0.1) is 0 Å². The Labute approximate surface area is 128 Å². The average Bonchev–Trinajstić information content (AvgIpc) is 2.33. The highest BCUT2D eigenvalue weighted by molar-refractivity contribution is 6.30. The van der Waals surface area contributed by atoms with Gasteiger partial charge in [0.05, 0.1) is 0 Å². The molecule has 1 saturated heterocycles. The predicted molar refractivity (Wildman–Crippen MR) is 88.6 cm³/mol. The molecule has 1 fully saturated rings. The molecule has 2 nitrogen and oxygen atoms in total. The SMILES string of the molecule is CC(N)Cc1cc(Cl)ccc1N1CC(C)CC(C)C1C. The maximum Gasteiger partial charge on any atom is 0.0410 e. The lowest BCUT2D eigenvalue weighted by Crippen LogP contribution is -2.46. The fraction of sp³-hybridized carbons (Fsp3) is 0.647. The van der Waals surface area contributed by atoms with Gasteiger partial charge in [-0.2, -0.15) is 0 Å². The maximum absolute atomic E-state index is 6.17. The van der Waals surface area contributed by atoms with Crippen LogP contribution in [0.2, 0.25) is 5.02 Å². The summed E-state index contributed by atoms with van der Waals surface area (Å²) in [6, 6.07) is 6.97. The van der Waals surface area contributed by atoms with Gasteiger partial charge in [-0.25, -0.2) is 0 Å². The zero-order valence-corrected chi connectivity index (χ0v) is 13.8. The van der Waals surface area contributed by atoms with Crippen LogP contribution in [0.1, 0.15) is 39.7 Å². The van der Waals surface area contributed by atoms with Gasteiger partial charge in [0.1, 0.15) is 0 Å². The summed E-state index contributed by atoms with van der Waals surface area (Å²) < 4.78 is 0. The highest BCUT2D eigenvalue weighted by Crippen LogP contribution is 2.34. The molecule has 1 aromatic rings. The van der Waals surface area contributed by atoms with Gasteiger partial charge in [-0.3, -0.25) is 0 Å². The second-order valence-corrected chi connectivity index (χ2v) is 7.10. The Bertz CT molecular complexity index is 458. The third kappa shape index (κ3) is 3.48. The number of benzene rings is 1. The molecule has 1 heterocycles. The minimum atomic E-state index is 0.155. The molecule has 4 atom stereocenters. The maximum atomic E-state index is 6.17. The van der Waals surface area contributed by atoms with E-state index in [1.165, 1.54) is 17.7 Å². The number of hydrogen-bond donors (Lipinski definition) is 1. The van der Waals surface area contributed by atoms with Crippen molar-refractivity contribution in [1.82, 2.24) is 0 Å². The molecule has 2 N–H and O–H groups in total. The number of halogens is 1. The summed E-state index contributed by atoms with van der Waals surface area (Å²) in [6.07, 6.45) is 2.19. The molecule has 0 aromatic heterocycles. The Balaban J connectivity index is 2.35. The lowest BCUT2D eigenvalue weighted by atomic mass is 9.85. The van der Waals surface area contributed by atoms with Crippen LogP contribution in [-0.2, 0) is 6.42 Å². The molecular weight excluding hydrogens is 268 g/mol. The zero-order chi connectivity index (χ0) is 14.9. The minimum Gasteiger partial charge on any atom is -0.368 e. The van der Waals surface area contributed by atoms with Crippen LogP contribution in [-0.4, -0.2) is 18.6 Å². The summed E-state index contributed by atoms with van der Waals surface area (Å²) in [5, 5.41) is 0.801. The monoisotopic (exact) mass is 294 g/mol. The lowest BCUT2D eigenvalue weighted by Gasteiger charge is -2.43. The van der Waals surface area contributed by atoms with E-state index in [0.29, 0.717) is 6.04 Å². The molecule has 112 valence electrons. The van der Waals surface area contributed by atoms with E-state index < -0.39 is 0 Å². The number of hydrogen-bond acceptors (Lipinski definition) is 2. The molecule has 0 amide bonds. The Hall–Kier alpha value is -0.730. The molecule has 2 rings (SSSR count). The van der Waals surface area contributed by atoms with Crippen molar-refractivity contribution in [3.8, 4) is 0 Å². The largest absolute Gasteiger partial charge is 0.368 e. The molecule has 0 spiro atoms.